The lowest BCUT2D eigenvalue weighted by Gasteiger charge is -2.41. The molecule has 0 saturated carbocycles. The highest BCUT2D eigenvalue weighted by Crippen LogP contribution is 2.30. The van der Waals surface area contributed by atoms with Crippen LogP contribution in [0.2, 0.25) is 0 Å². The number of aliphatic hydroxyl groups excluding tert-OH is 3. The number of hydrogen-bond donors (Lipinski definition) is 4. The highest BCUT2D eigenvalue weighted by molar-refractivity contribution is 4.88. The minimum absolute atomic E-state index is 0.0154. The van der Waals surface area contributed by atoms with Crippen LogP contribution in [0.15, 0.2) is 0 Å². The Morgan fingerprint density at radius 1 is 1.43 bits per heavy atom. The smallest absolute Gasteiger partial charge is 0.168 e. The molecule has 84 valence electrons. The van der Waals surface area contributed by atoms with Crippen LogP contribution < -0.4 is 0 Å². The summed E-state index contributed by atoms with van der Waals surface area (Å²) in [5.74, 6) is -1.42. The van der Waals surface area contributed by atoms with Crippen molar-refractivity contribution in [3.05, 3.63) is 0 Å². The fourth-order valence-electron chi connectivity index (χ4n) is 1.79. The summed E-state index contributed by atoms with van der Waals surface area (Å²) >= 11 is 0. The zero-order valence-corrected chi connectivity index (χ0v) is 8.26. The van der Waals surface area contributed by atoms with Crippen molar-refractivity contribution < 1.29 is 25.2 Å². The third-order valence-corrected chi connectivity index (χ3v) is 2.49. The molecule has 1 heterocycles. The van der Waals surface area contributed by atoms with Crippen LogP contribution in [0.5, 0.6) is 0 Å². The predicted molar refractivity (Wildman–Crippen MR) is 48.4 cm³/mol. The van der Waals surface area contributed by atoms with Gasteiger partial charge in [0.1, 0.15) is 12.2 Å². The second-order valence-electron chi connectivity index (χ2n) is 3.80. The molecule has 5 heteroatoms. The van der Waals surface area contributed by atoms with Gasteiger partial charge < -0.3 is 25.2 Å². The fraction of sp³-hybridized carbons (Fsp3) is 1.00. The van der Waals surface area contributed by atoms with Crippen molar-refractivity contribution >= 4 is 0 Å². The number of hydrogen-bond acceptors (Lipinski definition) is 5. The van der Waals surface area contributed by atoms with Crippen molar-refractivity contribution in [3.8, 4) is 0 Å². The summed E-state index contributed by atoms with van der Waals surface area (Å²) in [4.78, 5) is 0. The molecule has 0 bridgehead atoms. The van der Waals surface area contributed by atoms with Crippen LogP contribution in [-0.2, 0) is 4.74 Å². The molecule has 0 aromatic rings. The quantitative estimate of drug-likeness (QED) is 0.474. The molecular weight excluding hydrogens is 188 g/mol. The highest BCUT2D eigenvalue weighted by atomic mass is 16.6. The standard InChI is InChI=1S/C9H18O5/c1-2-3-9(13)4-6(11)8(12)7(5-10)14-9/h6-8,10-13H,2-5H2,1H3/t6-,7-,8+,9-/m1/s1. The van der Waals surface area contributed by atoms with E-state index in [0.717, 1.165) is 0 Å². The summed E-state index contributed by atoms with van der Waals surface area (Å²) < 4.78 is 5.14. The van der Waals surface area contributed by atoms with E-state index in [1.165, 1.54) is 0 Å². The van der Waals surface area contributed by atoms with Gasteiger partial charge in [-0.2, -0.15) is 0 Å². The van der Waals surface area contributed by atoms with E-state index < -0.39 is 30.7 Å². The van der Waals surface area contributed by atoms with Crippen molar-refractivity contribution in [2.24, 2.45) is 0 Å². The van der Waals surface area contributed by atoms with Gasteiger partial charge in [0, 0.05) is 12.8 Å². The zero-order valence-electron chi connectivity index (χ0n) is 8.26. The van der Waals surface area contributed by atoms with Crippen molar-refractivity contribution in [3.63, 3.8) is 0 Å². The van der Waals surface area contributed by atoms with Crippen molar-refractivity contribution in [1.29, 1.82) is 0 Å². The maximum atomic E-state index is 9.86. The van der Waals surface area contributed by atoms with Gasteiger partial charge in [0.15, 0.2) is 5.79 Å². The molecule has 1 aliphatic rings. The fourth-order valence-corrected chi connectivity index (χ4v) is 1.79. The average Bonchev–Trinajstić information content (AvgIpc) is 2.12. The molecule has 1 fully saturated rings. The van der Waals surface area contributed by atoms with E-state index >= 15 is 0 Å². The SMILES string of the molecule is CCC[C@]1(O)C[C@@H](O)[C@H](O)[C@@H](CO)O1. The first-order valence-electron chi connectivity index (χ1n) is 4.89. The summed E-state index contributed by atoms with van der Waals surface area (Å²) in [6, 6.07) is 0. The molecule has 14 heavy (non-hydrogen) atoms. The average molecular weight is 206 g/mol. The highest BCUT2D eigenvalue weighted by Gasteiger charge is 2.44. The molecule has 0 spiro atoms. The number of rotatable bonds is 3. The van der Waals surface area contributed by atoms with Gasteiger partial charge in [-0.15, -0.1) is 0 Å². The van der Waals surface area contributed by atoms with Gasteiger partial charge in [0.25, 0.3) is 0 Å². The Labute approximate surface area is 82.9 Å². The Hall–Kier alpha value is -0.200. The van der Waals surface area contributed by atoms with Crippen LogP contribution in [0.1, 0.15) is 26.2 Å². The lowest BCUT2D eigenvalue weighted by molar-refractivity contribution is -0.307. The molecule has 1 rings (SSSR count). The van der Waals surface area contributed by atoms with Crippen molar-refractivity contribution in [2.75, 3.05) is 6.61 Å². The summed E-state index contributed by atoms with van der Waals surface area (Å²) in [5.41, 5.74) is 0. The van der Waals surface area contributed by atoms with E-state index in [-0.39, 0.29) is 6.42 Å². The molecule has 0 aromatic carbocycles. The summed E-state index contributed by atoms with van der Waals surface area (Å²) in [7, 11) is 0. The third-order valence-electron chi connectivity index (χ3n) is 2.49. The lowest BCUT2D eigenvalue weighted by atomic mass is 9.93. The second-order valence-corrected chi connectivity index (χ2v) is 3.80. The van der Waals surface area contributed by atoms with E-state index in [4.69, 9.17) is 9.84 Å². The molecule has 4 atom stereocenters. The Morgan fingerprint density at radius 2 is 2.07 bits per heavy atom. The molecule has 1 aliphatic heterocycles. The molecule has 4 N–H and O–H groups in total. The molecule has 1 saturated heterocycles. The predicted octanol–water partition coefficient (Wildman–Crippen LogP) is -1.02. The van der Waals surface area contributed by atoms with Crippen LogP contribution in [0.4, 0.5) is 0 Å². The zero-order chi connectivity index (χ0) is 10.8. The first-order chi connectivity index (χ1) is 6.52. The minimum Gasteiger partial charge on any atom is -0.394 e. The lowest BCUT2D eigenvalue weighted by Crippen LogP contribution is -2.55. The van der Waals surface area contributed by atoms with Crippen LogP contribution in [0.25, 0.3) is 0 Å². The van der Waals surface area contributed by atoms with Crippen LogP contribution in [0.3, 0.4) is 0 Å². The molecule has 0 aromatic heterocycles. The van der Waals surface area contributed by atoms with E-state index in [1.807, 2.05) is 6.92 Å². The number of aliphatic hydroxyl groups is 4. The summed E-state index contributed by atoms with van der Waals surface area (Å²) in [5, 5.41) is 37.6. The molecule has 0 amide bonds. The van der Waals surface area contributed by atoms with Gasteiger partial charge in [-0.25, -0.2) is 0 Å². The van der Waals surface area contributed by atoms with Gasteiger partial charge in [-0.05, 0) is 0 Å². The van der Waals surface area contributed by atoms with Gasteiger partial charge >= 0.3 is 0 Å². The second kappa shape index (κ2) is 4.55. The van der Waals surface area contributed by atoms with Gasteiger partial charge in [0.05, 0.1) is 12.7 Å². The molecule has 0 unspecified atom stereocenters. The molecular formula is C9H18O5. The topological polar surface area (TPSA) is 90.2 Å². The van der Waals surface area contributed by atoms with E-state index in [9.17, 15) is 15.3 Å². The van der Waals surface area contributed by atoms with Crippen molar-refractivity contribution in [2.45, 2.75) is 50.3 Å². The third kappa shape index (κ3) is 2.43. The Bertz CT molecular complexity index is 186. The summed E-state index contributed by atoms with van der Waals surface area (Å²) in [6.45, 7) is 1.47. The Kier molecular flexibility index (Phi) is 3.86. The maximum absolute atomic E-state index is 9.86. The largest absolute Gasteiger partial charge is 0.394 e. The van der Waals surface area contributed by atoms with Crippen LogP contribution >= 0.6 is 0 Å². The number of ether oxygens (including phenoxy) is 1. The first kappa shape index (κ1) is 11.9. The minimum atomic E-state index is -1.42. The Morgan fingerprint density at radius 3 is 2.57 bits per heavy atom. The van der Waals surface area contributed by atoms with E-state index in [2.05, 4.69) is 0 Å². The van der Waals surface area contributed by atoms with Gasteiger partial charge in [0.2, 0.25) is 0 Å². The molecule has 0 radical (unpaired) electrons. The monoisotopic (exact) mass is 206 g/mol. The Balaban J connectivity index is 2.66. The van der Waals surface area contributed by atoms with Crippen molar-refractivity contribution in [1.82, 2.24) is 0 Å². The summed E-state index contributed by atoms with van der Waals surface area (Å²) in [6.07, 6.45) is -2.01. The van der Waals surface area contributed by atoms with Crippen LogP contribution in [0, 0.1) is 0 Å². The maximum Gasteiger partial charge on any atom is 0.168 e. The van der Waals surface area contributed by atoms with Crippen LogP contribution in [-0.4, -0.2) is 51.1 Å². The van der Waals surface area contributed by atoms with E-state index in [0.29, 0.717) is 12.8 Å². The first-order valence-corrected chi connectivity index (χ1v) is 4.89. The molecule has 0 aliphatic carbocycles. The molecule has 5 nitrogen and oxygen atoms in total. The van der Waals surface area contributed by atoms with Gasteiger partial charge in [-0.3, -0.25) is 0 Å². The van der Waals surface area contributed by atoms with Gasteiger partial charge in [-0.1, -0.05) is 13.3 Å². The normalized spacial score (nSPS) is 43.9. The van der Waals surface area contributed by atoms with E-state index in [1.54, 1.807) is 0 Å².